The van der Waals surface area contributed by atoms with Crippen molar-refractivity contribution in [2.75, 3.05) is 13.2 Å². The molecule has 0 aromatic rings. The van der Waals surface area contributed by atoms with E-state index in [4.69, 9.17) is 9.84 Å². The number of esters is 1. The number of carboxylic acids is 1. The van der Waals surface area contributed by atoms with Crippen LogP contribution in [0.15, 0.2) is 11.6 Å². The molecule has 0 heterocycles. The topological polar surface area (TPSA) is 118 Å². The molecule has 0 aromatic carbocycles. The molecule has 4 fully saturated rings. The first kappa shape index (κ1) is 32.4. The number of carboxylic acid groups (broad SMARTS) is 1. The Kier molecular flexibility index (Phi) is 7.92. The Bertz CT molecular complexity index is 1230. The fraction of sp³-hybridized carbons (Fsp3) is 0.833. The van der Waals surface area contributed by atoms with Crippen molar-refractivity contribution in [1.82, 2.24) is 0 Å². The number of Topliss-reactive ketones (excluding diaryl/α,β-unsaturated/α-hetero) is 1. The van der Waals surface area contributed by atoms with Gasteiger partial charge in [-0.2, -0.15) is 0 Å². The summed E-state index contributed by atoms with van der Waals surface area (Å²) in [6, 6.07) is 0. The van der Waals surface area contributed by atoms with Crippen molar-refractivity contribution in [3.8, 4) is 0 Å². The fourth-order valence-electron chi connectivity index (χ4n) is 11.6. The number of rotatable bonds is 7. The number of aliphatic hydroxyl groups is 1. The number of hydrogen-bond acceptors (Lipinski definition) is 6. The van der Waals surface area contributed by atoms with Crippen LogP contribution in [0.2, 0.25) is 0 Å². The van der Waals surface area contributed by atoms with Crippen LogP contribution in [-0.4, -0.2) is 46.9 Å². The molecular weight excluding hydrogens is 544 g/mol. The van der Waals surface area contributed by atoms with E-state index in [1.165, 1.54) is 5.57 Å². The second-order valence-electron chi connectivity index (χ2n) is 16.9. The standard InChI is InChI=1S/C36H54O7/c1-31(2)22(25(38)8-9-28(40)43-19-18-37)10-12-34(5)27(31)11-13-36(7)29(34)26(39)20-23-24-21-33(4,30(41)42)15-14-32(24,3)16-17-35(23,36)6/h20,22,24,27,29,37H,8-19,21H2,1-7H3,(H,41,42)/t22-,24+,27+,29-,32-,33+,34+,35-,36-/m1/s1. The second kappa shape index (κ2) is 10.5. The number of fused-ring (bicyclic) bond motifs is 7. The van der Waals surface area contributed by atoms with E-state index < -0.39 is 17.4 Å². The van der Waals surface area contributed by atoms with Gasteiger partial charge < -0.3 is 14.9 Å². The lowest BCUT2D eigenvalue weighted by Crippen LogP contribution is -2.66. The molecule has 2 N–H and O–H groups in total. The minimum atomic E-state index is -0.766. The zero-order valence-electron chi connectivity index (χ0n) is 27.5. The summed E-state index contributed by atoms with van der Waals surface area (Å²) in [6.07, 6.45) is 9.76. The zero-order chi connectivity index (χ0) is 31.8. The van der Waals surface area contributed by atoms with Crippen LogP contribution in [0, 0.1) is 56.2 Å². The van der Waals surface area contributed by atoms with Crippen LogP contribution >= 0.6 is 0 Å². The van der Waals surface area contributed by atoms with E-state index in [2.05, 4.69) is 41.5 Å². The van der Waals surface area contributed by atoms with Crippen LogP contribution in [0.25, 0.3) is 0 Å². The van der Waals surface area contributed by atoms with Gasteiger partial charge in [-0.05, 0) is 110 Å². The van der Waals surface area contributed by atoms with E-state index in [0.29, 0.717) is 19.3 Å². The lowest BCUT2D eigenvalue weighted by Gasteiger charge is -2.70. The molecule has 7 nitrogen and oxygen atoms in total. The lowest BCUT2D eigenvalue weighted by atomic mass is 9.33. The first-order valence-electron chi connectivity index (χ1n) is 16.7. The van der Waals surface area contributed by atoms with Gasteiger partial charge in [-0.15, -0.1) is 0 Å². The SMILES string of the molecule is CC1(C)[C@@H](C(=O)CCC(=O)OCCO)CC[C@]2(C)[C@H]3C(=O)C=C4[C@@H]5C[C@@](C)(C(=O)O)CC[C@]5(C)CC[C@@]4(C)[C@]3(C)CC[C@@H]12. The van der Waals surface area contributed by atoms with Gasteiger partial charge in [-0.3, -0.25) is 19.2 Å². The summed E-state index contributed by atoms with van der Waals surface area (Å²) in [5.74, 6) is -0.898. The Balaban J connectivity index is 1.45. The zero-order valence-corrected chi connectivity index (χ0v) is 27.5. The highest BCUT2D eigenvalue weighted by atomic mass is 16.5. The van der Waals surface area contributed by atoms with E-state index in [1.807, 2.05) is 13.0 Å². The smallest absolute Gasteiger partial charge is 0.309 e. The Morgan fingerprint density at radius 2 is 1.58 bits per heavy atom. The Morgan fingerprint density at radius 1 is 0.907 bits per heavy atom. The van der Waals surface area contributed by atoms with Gasteiger partial charge in [0.2, 0.25) is 0 Å². The molecule has 5 aliphatic carbocycles. The highest BCUT2D eigenvalue weighted by Crippen LogP contribution is 2.75. The maximum Gasteiger partial charge on any atom is 0.309 e. The third kappa shape index (κ3) is 4.68. The third-order valence-corrected chi connectivity index (χ3v) is 14.4. The normalized spacial score (nSPS) is 45.0. The molecule has 4 saturated carbocycles. The number of ketones is 2. The molecule has 0 amide bonds. The highest BCUT2D eigenvalue weighted by Gasteiger charge is 2.70. The average Bonchev–Trinajstić information content (AvgIpc) is 2.92. The molecule has 9 atom stereocenters. The monoisotopic (exact) mass is 598 g/mol. The summed E-state index contributed by atoms with van der Waals surface area (Å²) in [7, 11) is 0. The molecule has 0 bridgehead atoms. The lowest BCUT2D eigenvalue weighted by molar-refractivity contribution is -0.194. The molecule has 0 saturated heterocycles. The van der Waals surface area contributed by atoms with Gasteiger partial charge in [0, 0.05) is 18.3 Å². The van der Waals surface area contributed by atoms with Crippen molar-refractivity contribution < 1.29 is 34.1 Å². The third-order valence-electron chi connectivity index (χ3n) is 14.4. The van der Waals surface area contributed by atoms with Gasteiger partial charge in [-0.1, -0.05) is 47.1 Å². The molecule has 0 spiro atoms. The summed E-state index contributed by atoms with van der Waals surface area (Å²) < 4.78 is 4.97. The molecule has 7 heteroatoms. The van der Waals surface area contributed by atoms with Crippen molar-refractivity contribution in [2.24, 2.45) is 56.2 Å². The van der Waals surface area contributed by atoms with Crippen LogP contribution in [0.4, 0.5) is 0 Å². The number of carbonyl (C=O) groups excluding carboxylic acids is 3. The number of aliphatic hydroxyl groups excluding tert-OH is 1. The van der Waals surface area contributed by atoms with Crippen LogP contribution in [-0.2, 0) is 23.9 Å². The van der Waals surface area contributed by atoms with Gasteiger partial charge in [0.25, 0.3) is 0 Å². The molecule has 0 radical (unpaired) electrons. The predicted molar refractivity (Wildman–Crippen MR) is 163 cm³/mol. The summed E-state index contributed by atoms with van der Waals surface area (Å²) in [5, 5.41) is 19.1. The first-order valence-corrected chi connectivity index (χ1v) is 16.7. The Labute approximate surface area is 257 Å². The molecule has 0 unspecified atom stereocenters. The second-order valence-corrected chi connectivity index (χ2v) is 16.9. The summed E-state index contributed by atoms with van der Waals surface area (Å²) in [4.78, 5) is 52.4. The van der Waals surface area contributed by atoms with Gasteiger partial charge in [0.05, 0.1) is 18.4 Å². The molecular formula is C36H54O7. The molecule has 0 aromatic heterocycles. The molecule has 5 rings (SSSR count). The number of allylic oxidation sites excluding steroid dienone is 2. The van der Waals surface area contributed by atoms with Crippen LogP contribution in [0.5, 0.6) is 0 Å². The average molecular weight is 599 g/mol. The van der Waals surface area contributed by atoms with Crippen LogP contribution in [0.1, 0.15) is 119 Å². The van der Waals surface area contributed by atoms with Gasteiger partial charge >= 0.3 is 11.9 Å². The quantitative estimate of drug-likeness (QED) is 0.319. The highest BCUT2D eigenvalue weighted by molar-refractivity contribution is 5.96. The first-order chi connectivity index (χ1) is 19.9. The van der Waals surface area contributed by atoms with E-state index >= 15 is 0 Å². The predicted octanol–water partition coefficient (Wildman–Crippen LogP) is 6.55. The maximum absolute atomic E-state index is 14.5. The van der Waals surface area contributed by atoms with Crippen molar-refractivity contribution in [2.45, 2.75) is 119 Å². The van der Waals surface area contributed by atoms with Gasteiger partial charge in [0.1, 0.15) is 12.4 Å². The Hall–Kier alpha value is -2.02. The van der Waals surface area contributed by atoms with E-state index in [0.717, 1.165) is 38.5 Å². The van der Waals surface area contributed by atoms with Crippen molar-refractivity contribution in [1.29, 1.82) is 0 Å². The number of hydrogen-bond donors (Lipinski definition) is 2. The van der Waals surface area contributed by atoms with Crippen LogP contribution in [0.3, 0.4) is 0 Å². The number of ether oxygens (including phenoxy) is 1. The maximum atomic E-state index is 14.5. The van der Waals surface area contributed by atoms with Gasteiger partial charge in [-0.25, -0.2) is 0 Å². The van der Waals surface area contributed by atoms with Gasteiger partial charge in [0.15, 0.2) is 5.78 Å². The van der Waals surface area contributed by atoms with E-state index in [9.17, 15) is 24.3 Å². The Morgan fingerprint density at radius 3 is 2.23 bits per heavy atom. The molecule has 43 heavy (non-hydrogen) atoms. The van der Waals surface area contributed by atoms with Crippen molar-refractivity contribution >= 4 is 23.5 Å². The number of carbonyl (C=O) groups is 4. The summed E-state index contributed by atoms with van der Waals surface area (Å²) in [6.45, 7) is 15.4. The van der Waals surface area contributed by atoms with Crippen molar-refractivity contribution in [3.63, 3.8) is 0 Å². The molecule has 240 valence electrons. The van der Waals surface area contributed by atoms with Crippen molar-refractivity contribution in [3.05, 3.63) is 11.6 Å². The largest absolute Gasteiger partial charge is 0.481 e. The summed E-state index contributed by atoms with van der Waals surface area (Å²) >= 11 is 0. The summed E-state index contributed by atoms with van der Waals surface area (Å²) in [5.41, 5.74) is -0.501. The minimum Gasteiger partial charge on any atom is -0.481 e. The molecule has 0 aliphatic heterocycles. The van der Waals surface area contributed by atoms with E-state index in [-0.39, 0.29) is 88.4 Å². The number of aliphatic carboxylic acids is 1. The fourth-order valence-corrected chi connectivity index (χ4v) is 11.6. The molecule has 5 aliphatic rings. The minimum absolute atomic E-state index is 0.0236. The van der Waals surface area contributed by atoms with E-state index in [1.54, 1.807) is 0 Å². The van der Waals surface area contributed by atoms with Crippen LogP contribution < -0.4 is 0 Å².